The summed E-state index contributed by atoms with van der Waals surface area (Å²) in [6.07, 6.45) is 2.90. The molecule has 4 nitrogen and oxygen atoms in total. The van der Waals surface area contributed by atoms with Gasteiger partial charge in [0.2, 0.25) is 11.8 Å². The number of carbonyl (C=O) groups excluding carboxylic acids is 2. The Labute approximate surface area is 149 Å². The highest BCUT2D eigenvalue weighted by Gasteiger charge is 2.27. The zero-order valence-electron chi connectivity index (χ0n) is 14.8. The van der Waals surface area contributed by atoms with Crippen LogP contribution in [0.3, 0.4) is 0 Å². The molecular formula is C19H27ClN2O2. The van der Waals surface area contributed by atoms with E-state index in [1.54, 1.807) is 0 Å². The molecule has 1 fully saturated rings. The molecule has 1 aliphatic heterocycles. The Balaban J connectivity index is 1.74. The van der Waals surface area contributed by atoms with Crippen molar-refractivity contribution in [1.29, 1.82) is 0 Å². The van der Waals surface area contributed by atoms with Gasteiger partial charge in [-0.2, -0.15) is 0 Å². The smallest absolute Gasteiger partial charge is 0.225 e. The summed E-state index contributed by atoms with van der Waals surface area (Å²) in [7, 11) is 0. The van der Waals surface area contributed by atoms with Crippen LogP contribution >= 0.6 is 11.6 Å². The van der Waals surface area contributed by atoms with E-state index in [-0.39, 0.29) is 23.3 Å². The van der Waals surface area contributed by atoms with E-state index in [4.69, 9.17) is 11.6 Å². The maximum atomic E-state index is 12.3. The summed E-state index contributed by atoms with van der Waals surface area (Å²) in [6, 6.07) is 7.81. The summed E-state index contributed by atoms with van der Waals surface area (Å²) in [5.41, 5.74) is 0.756. The highest BCUT2D eigenvalue weighted by Crippen LogP contribution is 2.17. The van der Waals surface area contributed by atoms with Gasteiger partial charge in [-0.3, -0.25) is 9.59 Å². The van der Waals surface area contributed by atoms with E-state index in [1.807, 2.05) is 49.9 Å². The maximum Gasteiger partial charge on any atom is 0.225 e. The van der Waals surface area contributed by atoms with Crippen LogP contribution in [0.2, 0.25) is 5.02 Å². The standard InChI is InChI=1S/C19H27ClN2O2/c1-19(2,3)18(24)21-16-10-12-22(13-11-16)17(23)9-6-14-4-7-15(20)8-5-14/h4-5,7-8,16H,6,9-13H2,1-3H3,(H,21,24). The quantitative estimate of drug-likeness (QED) is 0.904. The number of benzene rings is 1. The summed E-state index contributed by atoms with van der Waals surface area (Å²) in [5, 5.41) is 3.80. The lowest BCUT2D eigenvalue weighted by Gasteiger charge is -2.33. The van der Waals surface area contributed by atoms with Crippen LogP contribution in [0, 0.1) is 5.41 Å². The zero-order valence-corrected chi connectivity index (χ0v) is 15.5. The van der Waals surface area contributed by atoms with Crippen molar-refractivity contribution in [3.8, 4) is 0 Å². The summed E-state index contributed by atoms with van der Waals surface area (Å²) in [4.78, 5) is 26.3. The number of aryl methyl sites for hydroxylation is 1. The number of nitrogens with zero attached hydrogens (tertiary/aromatic N) is 1. The molecule has 5 heteroatoms. The Morgan fingerprint density at radius 2 is 1.75 bits per heavy atom. The molecule has 0 aliphatic carbocycles. The molecule has 0 saturated carbocycles. The molecule has 1 heterocycles. The fraction of sp³-hybridized carbons (Fsp3) is 0.579. The van der Waals surface area contributed by atoms with E-state index < -0.39 is 0 Å². The van der Waals surface area contributed by atoms with Gasteiger partial charge in [-0.05, 0) is 37.0 Å². The number of rotatable bonds is 4. The van der Waals surface area contributed by atoms with Crippen LogP contribution in [0.5, 0.6) is 0 Å². The number of likely N-dealkylation sites (tertiary alicyclic amines) is 1. The van der Waals surface area contributed by atoms with Crippen molar-refractivity contribution in [2.24, 2.45) is 5.41 Å². The number of carbonyl (C=O) groups is 2. The molecule has 0 atom stereocenters. The lowest BCUT2D eigenvalue weighted by atomic mass is 9.94. The van der Waals surface area contributed by atoms with Crippen molar-refractivity contribution < 1.29 is 9.59 Å². The van der Waals surface area contributed by atoms with Gasteiger partial charge < -0.3 is 10.2 Å². The number of halogens is 1. The van der Waals surface area contributed by atoms with Crippen molar-refractivity contribution in [2.75, 3.05) is 13.1 Å². The highest BCUT2D eigenvalue weighted by molar-refractivity contribution is 6.30. The van der Waals surface area contributed by atoms with Gasteiger partial charge in [0.05, 0.1) is 0 Å². The van der Waals surface area contributed by atoms with Gasteiger partial charge >= 0.3 is 0 Å². The van der Waals surface area contributed by atoms with Crippen molar-refractivity contribution in [1.82, 2.24) is 10.2 Å². The summed E-state index contributed by atoms with van der Waals surface area (Å²) >= 11 is 5.87. The molecule has 1 N–H and O–H groups in total. The molecule has 24 heavy (non-hydrogen) atoms. The fourth-order valence-corrected chi connectivity index (χ4v) is 2.86. The number of amides is 2. The molecule has 132 valence electrons. The SMILES string of the molecule is CC(C)(C)C(=O)NC1CCN(C(=O)CCc2ccc(Cl)cc2)CC1. The van der Waals surface area contributed by atoms with Crippen molar-refractivity contribution >= 4 is 23.4 Å². The second-order valence-electron chi connectivity index (χ2n) is 7.50. The monoisotopic (exact) mass is 350 g/mol. The molecule has 0 bridgehead atoms. The molecule has 0 aromatic heterocycles. The minimum atomic E-state index is -0.370. The Morgan fingerprint density at radius 3 is 2.29 bits per heavy atom. The Morgan fingerprint density at radius 1 is 1.17 bits per heavy atom. The summed E-state index contributed by atoms with van der Waals surface area (Å²) in [5.74, 6) is 0.264. The third-order valence-corrected chi connectivity index (χ3v) is 4.66. The minimum absolute atomic E-state index is 0.0787. The van der Waals surface area contributed by atoms with Crippen molar-refractivity contribution in [3.63, 3.8) is 0 Å². The fourth-order valence-electron chi connectivity index (χ4n) is 2.74. The van der Waals surface area contributed by atoms with Gasteiger partial charge in [0.25, 0.3) is 0 Å². The number of hydrogen-bond donors (Lipinski definition) is 1. The Hall–Kier alpha value is -1.55. The number of hydrogen-bond acceptors (Lipinski definition) is 2. The predicted molar refractivity (Wildman–Crippen MR) is 97.0 cm³/mol. The first-order valence-electron chi connectivity index (χ1n) is 8.59. The first-order valence-corrected chi connectivity index (χ1v) is 8.96. The van der Waals surface area contributed by atoms with E-state index >= 15 is 0 Å². The molecule has 2 rings (SSSR count). The lowest BCUT2D eigenvalue weighted by molar-refractivity contribution is -0.132. The Bertz CT molecular complexity index is 570. The molecule has 1 aliphatic rings. The van der Waals surface area contributed by atoms with Crippen molar-refractivity contribution in [2.45, 2.75) is 52.5 Å². The summed E-state index contributed by atoms with van der Waals surface area (Å²) in [6.45, 7) is 7.18. The van der Waals surface area contributed by atoms with E-state index in [0.717, 1.165) is 24.8 Å². The average Bonchev–Trinajstić information content (AvgIpc) is 2.54. The van der Waals surface area contributed by atoms with Crippen LogP contribution in [0.1, 0.15) is 45.6 Å². The second-order valence-corrected chi connectivity index (χ2v) is 7.94. The molecule has 0 spiro atoms. The van der Waals surface area contributed by atoms with E-state index in [9.17, 15) is 9.59 Å². The molecular weight excluding hydrogens is 324 g/mol. The van der Waals surface area contributed by atoms with Crippen LogP contribution < -0.4 is 5.32 Å². The predicted octanol–water partition coefficient (Wildman–Crippen LogP) is 3.43. The molecule has 0 unspecified atom stereocenters. The molecule has 1 saturated heterocycles. The van der Waals surface area contributed by atoms with E-state index in [2.05, 4.69) is 5.32 Å². The number of piperidine rings is 1. The van der Waals surface area contributed by atoms with Gasteiger partial charge in [0.1, 0.15) is 0 Å². The lowest BCUT2D eigenvalue weighted by Crippen LogP contribution is -2.49. The topological polar surface area (TPSA) is 49.4 Å². The molecule has 1 aromatic rings. The molecule has 2 amide bonds. The van der Waals surface area contributed by atoms with E-state index in [1.165, 1.54) is 0 Å². The highest BCUT2D eigenvalue weighted by atomic mass is 35.5. The van der Waals surface area contributed by atoms with Gasteiger partial charge in [-0.25, -0.2) is 0 Å². The van der Waals surface area contributed by atoms with Crippen LogP contribution in [0.15, 0.2) is 24.3 Å². The molecule has 0 radical (unpaired) electrons. The summed E-state index contributed by atoms with van der Waals surface area (Å²) < 4.78 is 0. The third-order valence-electron chi connectivity index (χ3n) is 4.40. The van der Waals surface area contributed by atoms with E-state index in [0.29, 0.717) is 24.5 Å². The van der Waals surface area contributed by atoms with Gasteiger partial charge in [-0.15, -0.1) is 0 Å². The van der Waals surface area contributed by atoms with Gasteiger partial charge in [0.15, 0.2) is 0 Å². The van der Waals surface area contributed by atoms with Crippen LogP contribution in [0.4, 0.5) is 0 Å². The zero-order chi connectivity index (χ0) is 17.7. The number of nitrogens with one attached hydrogen (secondary N) is 1. The minimum Gasteiger partial charge on any atom is -0.353 e. The van der Waals surface area contributed by atoms with Gasteiger partial charge in [-0.1, -0.05) is 44.5 Å². The van der Waals surface area contributed by atoms with Crippen LogP contribution in [0.25, 0.3) is 0 Å². The van der Waals surface area contributed by atoms with Crippen LogP contribution in [-0.4, -0.2) is 35.8 Å². The second kappa shape index (κ2) is 8.02. The third kappa shape index (κ3) is 5.52. The first-order chi connectivity index (χ1) is 11.3. The van der Waals surface area contributed by atoms with Gasteiger partial charge in [0, 0.05) is 36.0 Å². The Kier molecular flexibility index (Phi) is 6.27. The maximum absolute atomic E-state index is 12.3. The normalized spacial score (nSPS) is 16.1. The van der Waals surface area contributed by atoms with Crippen LogP contribution in [-0.2, 0) is 16.0 Å². The first kappa shape index (κ1) is 18.8. The largest absolute Gasteiger partial charge is 0.353 e. The van der Waals surface area contributed by atoms with Crippen molar-refractivity contribution in [3.05, 3.63) is 34.9 Å². The average molecular weight is 351 g/mol. The molecule has 1 aromatic carbocycles.